The highest BCUT2D eigenvalue weighted by Crippen LogP contribution is 2.44. The third-order valence-corrected chi connectivity index (χ3v) is 6.84. The van der Waals surface area contributed by atoms with Gasteiger partial charge in [0.25, 0.3) is 0 Å². The van der Waals surface area contributed by atoms with Crippen LogP contribution in [0.1, 0.15) is 69.4 Å². The zero-order valence-corrected chi connectivity index (χ0v) is 15.2. The molecule has 1 fully saturated rings. The molecule has 0 aromatic heterocycles. The second-order valence-corrected chi connectivity index (χ2v) is 8.53. The van der Waals surface area contributed by atoms with E-state index >= 15 is 0 Å². The highest BCUT2D eigenvalue weighted by Gasteiger charge is 2.26. The number of thioether (sulfide) groups is 1. The van der Waals surface area contributed by atoms with Gasteiger partial charge in [0.2, 0.25) is 0 Å². The molecule has 1 atom stereocenters. The minimum Gasteiger partial charge on any atom is -0.115 e. The lowest BCUT2D eigenvalue weighted by Gasteiger charge is -2.29. The van der Waals surface area contributed by atoms with E-state index in [1.165, 1.54) is 42.6 Å². The van der Waals surface area contributed by atoms with Crippen LogP contribution in [0.25, 0.3) is 0 Å². The largest absolute Gasteiger partial charge is 0.115 e. The first-order valence-electron chi connectivity index (χ1n) is 9.06. The topological polar surface area (TPSA) is 0 Å². The minimum atomic E-state index is 0.146. The molecule has 23 heavy (non-hydrogen) atoms. The van der Waals surface area contributed by atoms with Crippen molar-refractivity contribution < 1.29 is 0 Å². The first-order chi connectivity index (χ1) is 11.2. The zero-order valence-electron chi connectivity index (χ0n) is 14.4. The zero-order chi connectivity index (χ0) is 16.1. The molecule has 0 aliphatic heterocycles. The molecule has 0 heterocycles. The SMILES string of the molecule is CCC(C)(Sc1ccc(C2CCCCC2)cc1)c1ccccc1. The summed E-state index contributed by atoms with van der Waals surface area (Å²) < 4.78 is 0.146. The summed E-state index contributed by atoms with van der Waals surface area (Å²) in [6.07, 6.45) is 8.13. The third-order valence-electron chi connectivity index (χ3n) is 5.36. The van der Waals surface area contributed by atoms with Crippen molar-refractivity contribution >= 4 is 11.8 Å². The molecule has 2 aromatic rings. The van der Waals surface area contributed by atoms with Crippen LogP contribution in [0.2, 0.25) is 0 Å². The fraction of sp³-hybridized carbons (Fsp3) is 0.455. The molecule has 1 unspecified atom stereocenters. The Labute approximate surface area is 145 Å². The van der Waals surface area contributed by atoms with Crippen LogP contribution >= 0.6 is 11.8 Å². The summed E-state index contributed by atoms with van der Waals surface area (Å²) >= 11 is 2.00. The van der Waals surface area contributed by atoms with Gasteiger partial charge in [0.1, 0.15) is 0 Å². The summed E-state index contributed by atoms with van der Waals surface area (Å²) in [5, 5.41) is 0. The lowest BCUT2D eigenvalue weighted by Crippen LogP contribution is -2.15. The van der Waals surface area contributed by atoms with E-state index in [2.05, 4.69) is 68.4 Å². The van der Waals surface area contributed by atoms with Crippen LogP contribution in [0, 0.1) is 0 Å². The van der Waals surface area contributed by atoms with Gasteiger partial charge in [-0.3, -0.25) is 0 Å². The minimum absolute atomic E-state index is 0.146. The molecule has 1 aliphatic rings. The smallest absolute Gasteiger partial charge is 0.0424 e. The Bertz CT molecular complexity index is 596. The van der Waals surface area contributed by atoms with Crippen molar-refractivity contribution in [3.63, 3.8) is 0 Å². The maximum absolute atomic E-state index is 2.37. The second-order valence-electron chi connectivity index (χ2n) is 6.96. The van der Waals surface area contributed by atoms with Crippen LogP contribution in [0.5, 0.6) is 0 Å². The molecule has 2 aromatic carbocycles. The van der Waals surface area contributed by atoms with E-state index in [0.29, 0.717) is 0 Å². The highest BCUT2D eigenvalue weighted by molar-refractivity contribution is 8.00. The lowest BCUT2D eigenvalue weighted by atomic mass is 9.84. The first-order valence-corrected chi connectivity index (χ1v) is 9.87. The van der Waals surface area contributed by atoms with E-state index in [4.69, 9.17) is 0 Å². The van der Waals surface area contributed by atoms with Crippen molar-refractivity contribution in [2.45, 2.75) is 67.9 Å². The van der Waals surface area contributed by atoms with Crippen molar-refractivity contribution in [1.82, 2.24) is 0 Å². The number of benzene rings is 2. The molecule has 122 valence electrons. The fourth-order valence-electron chi connectivity index (χ4n) is 3.63. The average molecular weight is 325 g/mol. The third kappa shape index (κ3) is 4.01. The number of rotatable bonds is 5. The van der Waals surface area contributed by atoms with E-state index in [-0.39, 0.29) is 4.75 Å². The second kappa shape index (κ2) is 7.57. The van der Waals surface area contributed by atoms with E-state index < -0.39 is 0 Å². The Hall–Kier alpha value is -1.21. The lowest BCUT2D eigenvalue weighted by molar-refractivity contribution is 0.443. The molecule has 1 aliphatic carbocycles. The molecular weight excluding hydrogens is 296 g/mol. The molecule has 0 N–H and O–H groups in total. The van der Waals surface area contributed by atoms with E-state index in [1.54, 1.807) is 5.56 Å². The van der Waals surface area contributed by atoms with E-state index in [9.17, 15) is 0 Å². The van der Waals surface area contributed by atoms with Gasteiger partial charge >= 0.3 is 0 Å². The van der Waals surface area contributed by atoms with E-state index in [1.807, 2.05) is 11.8 Å². The van der Waals surface area contributed by atoms with Crippen molar-refractivity contribution in [3.05, 3.63) is 65.7 Å². The van der Waals surface area contributed by atoms with Crippen LogP contribution in [0.3, 0.4) is 0 Å². The Morgan fingerprint density at radius 3 is 2.17 bits per heavy atom. The summed E-state index contributed by atoms with van der Waals surface area (Å²) in [6, 6.07) is 20.3. The van der Waals surface area contributed by atoms with Crippen molar-refractivity contribution in [3.8, 4) is 0 Å². The standard InChI is InChI=1S/C22H28S/c1-3-22(2,20-12-8-5-9-13-20)23-21-16-14-19(15-17-21)18-10-6-4-7-11-18/h5,8-9,12-18H,3-4,6-7,10-11H2,1-2H3. The van der Waals surface area contributed by atoms with Gasteiger partial charge in [0.05, 0.1) is 0 Å². The maximum atomic E-state index is 2.37. The van der Waals surface area contributed by atoms with Gasteiger partial charge in [0, 0.05) is 9.64 Å². The number of hydrogen-bond donors (Lipinski definition) is 0. The Balaban J connectivity index is 1.74. The Morgan fingerprint density at radius 1 is 0.913 bits per heavy atom. The average Bonchev–Trinajstić information content (AvgIpc) is 2.64. The summed E-state index contributed by atoms with van der Waals surface area (Å²) in [5.41, 5.74) is 2.97. The van der Waals surface area contributed by atoms with Gasteiger partial charge in [0.15, 0.2) is 0 Å². The van der Waals surface area contributed by atoms with Crippen molar-refractivity contribution in [2.24, 2.45) is 0 Å². The predicted octanol–water partition coefficient (Wildman–Crippen LogP) is 7.15. The predicted molar refractivity (Wildman–Crippen MR) is 102 cm³/mol. The molecule has 0 amide bonds. The molecule has 0 radical (unpaired) electrons. The van der Waals surface area contributed by atoms with Crippen LogP contribution in [0.15, 0.2) is 59.5 Å². The highest BCUT2D eigenvalue weighted by atomic mass is 32.2. The summed E-state index contributed by atoms with van der Waals surface area (Å²) in [7, 11) is 0. The van der Waals surface area contributed by atoms with Gasteiger partial charge in [-0.05, 0) is 55.4 Å². The molecule has 0 saturated heterocycles. The molecule has 0 spiro atoms. The van der Waals surface area contributed by atoms with Crippen LogP contribution < -0.4 is 0 Å². The Morgan fingerprint density at radius 2 is 1.57 bits per heavy atom. The van der Waals surface area contributed by atoms with Gasteiger partial charge in [-0.25, -0.2) is 0 Å². The monoisotopic (exact) mass is 324 g/mol. The van der Waals surface area contributed by atoms with Crippen molar-refractivity contribution in [2.75, 3.05) is 0 Å². The maximum Gasteiger partial charge on any atom is 0.0424 e. The Kier molecular flexibility index (Phi) is 5.48. The van der Waals surface area contributed by atoms with Crippen LogP contribution in [-0.4, -0.2) is 0 Å². The van der Waals surface area contributed by atoms with Crippen molar-refractivity contribution in [1.29, 1.82) is 0 Å². The molecule has 3 rings (SSSR count). The molecule has 1 saturated carbocycles. The van der Waals surface area contributed by atoms with Gasteiger partial charge in [-0.15, -0.1) is 11.8 Å². The summed E-state index contributed by atoms with van der Waals surface area (Å²) in [5.74, 6) is 0.800. The first kappa shape index (κ1) is 16.6. The normalized spacial score (nSPS) is 18.5. The van der Waals surface area contributed by atoms with Gasteiger partial charge in [-0.2, -0.15) is 0 Å². The molecule has 1 heteroatoms. The van der Waals surface area contributed by atoms with Gasteiger partial charge < -0.3 is 0 Å². The number of hydrogen-bond acceptors (Lipinski definition) is 1. The van der Waals surface area contributed by atoms with Gasteiger partial charge in [-0.1, -0.05) is 68.7 Å². The van der Waals surface area contributed by atoms with E-state index in [0.717, 1.165) is 12.3 Å². The molecule has 0 nitrogen and oxygen atoms in total. The molecule has 0 bridgehead atoms. The summed E-state index contributed by atoms with van der Waals surface area (Å²) in [6.45, 7) is 4.65. The summed E-state index contributed by atoms with van der Waals surface area (Å²) in [4.78, 5) is 1.39. The fourth-order valence-corrected chi connectivity index (χ4v) is 4.82. The van der Waals surface area contributed by atoms with Crippen LogP contribution in [0.4, 0.5) is 0 Å². The molecular formula is C22H28S. The van der Waals surface area contributed by atoms with Crippen LogP contribution in [-0.2, 0) is 4.75 Å². The quantitative estimate of drug-likeness (QED) is 0.526.